The van der Waals surface area contributed by atoms with Gasteiger partial charge in [0.05, 0.1) is 12.7 Å². The Labute approximate surface area is 90.1 Å². The molecule has 1 rings (SSSR count). The molecule has 0 aliphatic heterocycles. The average molecular weight is 213 g/mol. The fraction of sp³-hybridized carbons (Fsp3) is 0.636. The normalized spacial score (nSPS) is 13.4. The van der Waals surface area contributed by atoms with Crippen molar-refractivity contribution >= 4 is 11.3 Å². The highest BCUT2D eigenvalue weighted by molar-refractivity contribution is 7.09. The molecule has 0 spiro atoms. The van der Waals surface area contributed by atoms with Gasteiger partial charge in [0.2, 0.25) is 0 Å². The second kappa shape index (κ2) is 6.17. The number of rotatable bonds is 6. The van der Waals surface area contributed by atoms with Crippen LogP contribution in [-0.4, -0.2) is 19.3 Å². The molecule has 2 N–H and O–H groups in total. The van der Waals surface area contributed by atoms with E-state index in [2.05, 4.69) is 31.4 Å². The van der Waals surface area contributed by atoms with Gasteiger partial charge in [0.15, 0.2) is 0 Å². The molecule has 2 nitrogen and oxygen atoms in total. The molecule has 0 amide bonds. The van der Waals surface area contributed by atoms with Crippen LogP contribution in [0.25, 0.3) is 0 Å². The smallest absolute Gasteiger partial charge is 0.0720 e. The third kappa shape index (κ3) is 3.78. The lowest BCUT2D eigenvalue weighted by molar-refractivity contribution is 0.0308. The molecule has 14 heavy (non-hydrogen) atoms. The van der Waals surface area contributed by atoms with Crippen LogP contribution < -0.4 is 5.73 Å². The molecule has 0 aliphatic carbocycles. The van der Waals surface area contributed by atoms with Gasteiger partial charge < -0.3 is 10.5 Å². The molecule has 0 radical (unpaired) electrons. The van der Waals surface area contributed by atoms with E-state index in [9.17, 15) is 0 Å². The molecule has 1 aromatic heterocycles. The van der Waals surface area contributed by atoms with Gasteiger partial charge in [0.25, 0.3) is 0 Å². The standard InChI is InChI=1S/C11H19NOS/c1-9(2)11(8-12)13-6-5-10-4-3-7-14-10/h3-4,7,9,11H,5-6,8,12H2,1-2H3. The fourth-order valence-electron chi connectivity index (χ4n) is 1.30. The van der Waals surface area contributed by atoms with Crippen LogP contribution in [-0.2, 0) is 11.2 Å². The fourth-order valence-corrected chi connectivity index (χ4v) is 1.99. The minimum absolute atomic E-state index is 0.204. The molecule has 0 fully saturated rings. The van der Waals surface area contributed by atoms with Crippen molar-refractivity contribution < 1.29 is 4.74 Å². The second-order valence-electron chi connectivity index (χ2n) is 3.72. The first-order valence-corrected chi connectivity index (χ1v) is 5.96. The van der Waals surface area contributed by atoms with Gasteiger partial charge in [0, 0.05) is 17.8 Å². The molecule has 0 bridgehead atoms. The molecule has 0 saturated carbocycles. The Kier molecular flexibility index (Phi) is 5.15. The summed E-state index contributed by atoms with van der Waals surface area (Å²) in [5.74, 6) is 0.503. The second-order valence-corrected chi connectivity index (χ2v) is 4.75. The Hall–Kier alpha value is -0.380. The van der Waals surface area contributed by atoms with Crippen molar-refractivity contribution in [3.05, 3.63) is 22.4 Å². The van der Waals surface area contributed by atoms with Crippen molar-refractivity contribution in [3.63, 3.8) is 0 Å². The van der Waals surface area contributed by atoms with Crippen LogP contribution in [0.4, 0.5) is 0 Å². The molecule has 0 aliphatic rings. The highest BCUT2D eigenvalue weighted by atomic mass is 32.1. The minimum atomic E-state index is 0.204. The summed E-state index contributed by atoms with van der Waals surface area (Å²) in [7, 11) is 0. The van der Waals surface area contributed by atoms with E-state index in [4.69, 9.17) is 10.5 Å². The predicted molar refractivity (Wildman–Crippen MR) is 61.7 cm³/mol. The van der Waals surface area contributed by atoms with Crippen molar-refractivity contribution in [1.29, 1.82) is 0 Å². The first kappa shape index (κ1) is 11.7. The number of ether oxygens (including phenoxy) is 1. The SMILES string of the molecule is CC(C)C(CN)OCCc1cccs1. The summed E-state index contributed by atoms with van der Waals surface area (Å²) in [5.41, 5.74) is 5.61. The molecule has 0 saturated heterocycles. The van der Waals surface area contributed by atoms with Crippen molar-refractivity contribution in [3.8, 4) is 0 Å². The maximum Gasteiger partial charge on any atom is 0.0720 e. The summed E-state index contributed by atoms with van der Waals surface area (Å²) in [6, 6.07) is 4.21. The van der Waals surface area contributed by atoms with Crippen molar-refractivity contribution in [1.82, 2.24) is 0 Å². The summed E-state index contributed by atoms with van der Waals surface area (Å²) in [6.45, 7) is 5.67. The summed E-state index contributed by atoms with van der Waals surface area (Å²) in [5, 5.41) is 2.10. The molecular weight excluding hydrogens is 194 g/mol. The van der Waals surface area contributed by atoms with E-state index in [-0.39, 0.29) is 6.10 Å². The monoisotopic (exact) mass is 213 g/mol. The highest BCUT2D eigenvalue weighted by Crippen LogP contribution is 2.11. The Bertz CT molecular complexity index is 233. The zero-order chi connectivity index (χ0) is 10.4. The van der Waals surface area contributed by atoms with Crippen molar-refractivity contribution in [2.45, 2.75) is 26.4 Å². The van der Waals surface area contributed by atoms with E-state index in [1.807, 2.05) is 0 Å². The largest absolute Gasteiger partial charge is 0.376 e. The van der Waals surface area contributed by atoms with E-state index in [1.165, 1.54) is 4.88 Å². The van der Waals surface area contributed by atoms with Gasteiger partial charge in [-0.3, -0.25) is 0 Å². The minimum Gasteiger partial charge on any atom is -0.376 e. The van der Waals surface area contributed by atoms with Gasteiger partial charge in [-0.2, -0.15) is 0 Å². The highest BCUT2D eigenvalue weighted by Gasteiger charge is 2.11. The Morgan fingerprint density at radius 3 is 2.79 bits per heavy atom. The van der Waals surface area contributed by atoms with Gasteiger partial charge in [-0.25, -0.2) is 0 Å². The summed E-state index contributed by atoms with van der Waals surface area (Å²) in [4.78, 5) is 1.38. The first-order valence-electron chi connectivity index (χ1n) is 5.08. The predicted octanol–water partition coefficient (Wildman–Crippen LogP) is 2.29. The Morgan fingerprint density at radius 1 is 1.50 bits per heavy atom. The van der Waals surface area contributed by atoms with Crippen LogP contribution in [0.1, 0.15) is 18.7 Å². The van der Waals surface area contributed by atoms with Crippen LogP contribution in [0.2, 0.25) is 0 Å². The molecule has 1 heterocycles. The topological polar surface area (TPSA) is 35.2 Å². The third-order valence-corrected chi connectivity index (χ3v) is 3.17. The number of hydrogen-bond acceptors (Lipinski definition) is 3. The molecule has 1 unspecified atom stereocenters. The quantitative estimate of drug-likeness (QED) is 0.787. The number of thiophene rings is 1. The summed E-state index contributed by atoms with van der Waals surface area (Å²) in [6.07, 6.45) is 1.20. The zero-order valence-corrected chi connectivity index (χ0v) is 9.72. The molecule has 80 valence electrons. The lowest BCUT2D eigenvalue weighted by Crippen LogP contribution is -2.29. The lowest BCUT2D eigenvalue weighted by atomic mass is 10.1. The molecular formula is C11H19NOS. The van der Waals surface area contributed by atoms with Crippen molar-refractivity contribution in [2.75, 3.05) is 13.2 Å². The van der Waals surface area contributed by atoms with Crippen molar-refractivity contribution in [2.24, 2.45) is 11.7 Å². The number of hydrogen-bond donors (Lipinski definition) is 1. The summed E-state index contributed by atoms with van der Waals surface area (Å²) >= 11 is 1.78. The maximum absolute atomic E-state index is 5.71. The van der Waals surface area contributed by atoms with E-state index in [0.717, 1.165) is 13.0 Å². The van der Waals surface area contributed by atoms with Gasteiger partial charge >= 0.3 is 0 Å². The maximum atomic E-state index is 5.71. The van der Waals surface area contributed by atoms with Gasteiger partial charge in [-0.05, 0) is 17.4 Å². The lowest BCUT2D eigenvalue weighted by Gasteiger charge is -2.19. The van der Waals surface area contributed by atoms with Gasteiger partial charge in [0.1, 0.15) is 0 Å². The van der Waals surface area contributed by atoms with Crippen LogP contribution in [0.5, 0.6) is 0 Å². The van der Waals surface area contributed by atoms with Crippen LogP contribution in [0, 0.1) is 5.92 Å². The zero-order valence-electron chi connectivity index (χ0n) is 8.90. The van der Waals surface area contributed by atoms with Crippen LogP contribution >= 0.6 is 11.3 Å². The van der Waals surface area contributed by atoms with E-state index >= 15 is 0 Å². The van der Waals surface area contributed by atoms with E-state index in [0.29, 0.717) is 12.5 Å². The van der Waals surface area contributed by atoms with Crippen LogP contribution in [0.3, 0.4) is 0 Å². The van der Waals surface area contributed by atoms with E-state index < -0.39 is 0 Å². The Balaban J connectivity index is 2.20. The molecule has 3 heteroatoms. The van der Waals surface area contributed by atoms with Gasteiger partial charge in [-0.1, -0.05) is 19.9 Å². The summed E-state index contributed by atoms with van der Waals surface area (Å²) < 4.78 is 5.71. The number of nitrogens with two attached hydrogens (primary N) is 1. The average Bonchev–Trinajstić information content (AvgIpc) is 2.64. The molecule has 1 atom stereocenters. The van der Waals surface area contributed by atoms with E-state index in [1.54, 1.807) is 11.3 Å². The molecule has 1 aromatic rings. The third-order valence-electron chi connectivity index (χ3n) is 2.24. The van der Waals surface area contributed by atoms with Crippen LogP contribution in [0.15, 0.2) is 17.5 Å². The first-order chi connectivity index (χ1) is 6.74. The molecule has 0 aromatic carbocycles. The van der Waals surface area contributed by atoms with Gasteiger partial charge in [-0.15, -0.1) is 11.3 Å². The Morgan fingerprint density at radius 2 is 2.29 bits per heavy atom.